The highest BCUT2D eigenvalue weighted by Crippen LogP contribution is 2.26. The first-order chi connectivity index (χ1) is 17.8. The number of carbonyl (C=O) groups excluding carboxylic acids is 1. The van der Waals surface area contributed by atoms with Crippen LogP contribution in [0.5, 0.6) is 0 Å². The first kappa shape index (κ1) is 24.1. The van der Waals surface area contributed by atoms with Gasteiger partial charge in [0.1, 0.15) is 5.56 Å². The van der Waals surface area contributed by atoms with Crippen LogP contribution in [0.2, 0.25) is 0 Å². The highest BCUT2D eigenvalue weighted by molar-refractivity contribution is 5.93. The number of carboxylic acids is 1. The van der Waals surface area contributed by atoms with E-state index in [-0.39, 0.29) is 29.3 Å². The highest BCUT2D eigenvalue weighted by Gasteiger charge is 2.19. The standard InChI is InChI=1S/C27H26N6O4/c1-32(2)15-23(34)29-18-7-4-8-19(12-18)30-27-28-13-21-24(35)22(26(36)37)14-33(25(21)31-27)20-10-9-16-5-3-6-17(16)11-20/h4,7-14H,3,5-6,15H2,1-2H3,(H,29,34)(H,36,37)(H,28,30,31). The monoisotopic (exact) mass is 498 g/mol. The molecule has 10 heteroatoms. The SMILES string of the molecule is CN(C)CC(=O)Nc1cccc(Nc2ncc3c(=O)c(C(=O)O)cn(-c4ccc5c(c4)CCC5)c3n2)c1. The Morgan fingerprint density at radius 3 is 2.65 bits per heavy atom. The Hall–Kier alpha value is -4.57. The average Bonchev–Trinajstić information content (AvgIpc) is 3.32. The zero-order chi connectivity index (χ0) is 26.1. The summed E-state index contributed by atoms with van der Waals surface area (Å²) in [6.45, 7) is 0.254. The molecule has 2 aromatic carbocycles. The quantitative estimate of drug-likeness (QED) is 0.354. The maximum Gasteiger partial charge on any atom is 0.341 e. The number of carbonyl (C=O) groups is 2. The lowest BCUT2D eigenvalue weighted by Crippen LogP contribution is -2.27. The van der Waals surface area contributed by atoms with E-state index in [1.807, 2.05) is 32.3 Å². The molecule has 3 N–H and O–H groups in total. The molecule has 0 aliphatic heterocycles. The summed E-state index contributed by atoms with van der Waals surface area (Å²) >= 11 is 0. The van der Waals surface area contributed by atoms with Crippen molar-refractivity contribution in [3.63, 3.8) is 0 Å². The summed E-state index contributed by atoms with van der Waals surface area (Å²) in [6.07, 6.45) is 5.71. The predicted molar refractivity (Wildman–Crippen MR) is 141 cm³/mol. The molecule has 0 saturated heterocycles. The summed E-state index contributed by atoms with van der Waals surface area (Å²) in [5, 5.41) is 15.7. The van der Waals surface area contributed by atoms with Gasteiger partial charge in [0.15, 0.2) is 5.65 Å². The molecule has 1 aliphatic rings. The van der Waals surface area contributed by atoms with Crippen molar-refractivity contribution in [2.75, 3.05) is 31.3 Å². The number of hydrogen-bond acceptors (Lipinski definition) is 7. The van der Waals surface area contributed by atoms with E-state index in [0.717, 1.165) is 24.9 Å². The second-order valence-corrected chi connectivity index (χ2v) is 9.28. The molecule has 0 spiro atoms. The summed E-state index contributed by atoms with van der Waals surface area (Å²) in [5.41, 5.74) is 3.76. The van der Waals surface area contributed by atoms with Crippen molar-refractivity contribution in [3.05, 3.63) is 81.8 Å². The number of anilines is 3. The zero-order valence-corrected chi connectivity index (χ0v) is 20.5. The van der Waals surface area contributed by atoms with Crippen LogP contribution in [0.15, 0.2) is 59.7 Å². The van der Waals surface area contributed by atoms with Crippen molar-refractivity contribution in [2.45, 2.75) is 19.3 Å². The van der Waals surface area contributed by atoms with Gasteiger partial charge in [0.2, 0.25) is 17.3 Å². The Labute approximate surface area is 212 Å². The van der Waals surface area contributed by atoms with E-state index in [1.54, 1.807) is 33.7 Å². The van der Waals surface area contributed by atoms with E-state index in [4.69, 9.17) is 0 Å². The van der Waals surface area contributed by atoms with Crippen LogP contribution in [-0.2, 0) is 17.6 Å². The number of pyridine rings is 1. The van der Waals surface area contributed by atoms with Gasteiger partial charge in [-0.05, 0) is 74.8 Å². The maximum atomic E-state index is 12.9. The van der Waals surface area contributed by atoms with Gasteiger partial charge < -0.3 is 25.2 Å². The molecule has 2 aromatic heterocycles. The van der Waals surface area contributed by atoms with Gasteiger partial charge in [-0.2, -0.15) is 4.98 Å². The Morgan fingerprint density at radius 2 is 1.86 bits per heavy atom. The third kappa shape index (κ3) is 5.05. The van der Waals surface area contributed by atoms with Gasteiger partial charge in [-0.1, -0.05) is 12.1 Å². The van der Waals surface area contributed by atoms with E-state index in [2.05, 4.69) is 20.6 Å². The number of amides is 1. The predicted octanol–water partition coefficient (Wildman–Crippen LogP) is 3.21. The van der Waals surface area contributed by atoms with E-state index in [1.165, 1.54) is 23.5 Å². The fraction of sp³-hybridized carbons (Fsp3) is 0.222. The third-order valence-electron chi connectivity index (χ3n) is 6.20. The number of aryl methyl sites for hydroxylation is 2. The molecule has 5 rings (SSSR count). The number of carboxylic acid groups (broad SMARTS) is 1. The van der Waals surface area contributed by atoms with Crippen LogP contribution in [0.1, 0.15) is 27.9 Å². The minimum absolute atomic E-state index is 0.107. The van der Waals surface area contributed by atoms with Gasteiger partial charge in [-0.15, -0.1) is 0 Å². The first-order valence-electron chi connectivity index (χ1n) is 11.9. The van der Waals surface area contributed by atoms with E-state index in [0.29, 0.717) is 17.0 Å². The number of aromatic nitrogens is 3. The summed E-state index contributed by atoms with van der Waals surface area (Å²) in [7, 11) is 3.63. The largest absolute Gasteiger partial charge is 0.477 e. The molecule has 0 unspecified atom stereocenters. The molecule has 1 amide bonds. The maximum absolute atomic E-state index is 12.9. The van der Waals surface area contributed by atoms with E-state index < -0.39 is 11.4 Å². The molecule has 37 heavy (non-hydrogen) atoms. The smallest absolute Gasteiger partial charge is 0.341 e. The average molecular weight is 499 g/mol. The van der Waals surface area contributed by atoms with Gasteiger partial charge in [0.25, 0.3) is 0 Å². The molecule has 2 heterocycles. The van der Waals surface area contributed by atoms with E-state index >= 15 is 0 Å². The van der Waals surface area contributed by atoms with Crippen molar-refractivity contribution < 1.29 is 14.7 Å². The Balaban J connectivity index is 1.54. The minimum Gasteiger partial charge on any atom is -0.477 e. The summed E-state index contributed by atoms with van der Waals surface area (Å²) in [5.74, 6) is -1.23. The Bertz CT molecular complexity index is 1590. The van der Waals surface area contributed by atoms with Crippen LogP contribution in [-0.4, -0.2) is 57.1 Å². The molecule has 1 aliphatic carbocycles. The second kappa shape index (κ2) is 9.82. The van der Waals surface area contributed by atoms with Gasteiger partial charge in [0.05, 0.1) is 11.9 Å². The van der Waals surface area contributed by atoms with Crippen molar-refractivity contribution in [1.82, 2.24) is 19.4 Å². The van der Waals surface area contributed by atoms with Crippen LogP contribution in [0.4, 0.5) is 17.3 Å². The van der Waals surface area contributed by atoms with Crippen LogP contribution >= 0.6 is 0 Å². The van der Waals surface area contributed by atoms with Crippen LogP contribution in [0.25, 0.3) is 16.7 Å². The lowest BCUT2D eigenvalue weighted by Gasteiger charge is -2.14. The molecule has 0 radical (unpaired) electrons. The summed E-state index contributed by atoms with van der Waals surface area (Å²) < 4.78 is 1.63. The molecule has 0 saturated carbocycles. The number of nitrogens with one attached hydrogen (secondary N) is 2. The molecule has 188 valence electrons. The molecule has 0 fully saturated rings. The minimum atomic E-state index is -1.31. The Morgan fingerprint density at radius 1 is 1.08 bits per heavy atom. The highest BCUT2D eigenvalue weighted by atomic mass is 16.4. The lowest BCUT2D eigenvalue weighted by molar-refractivity contribution is -0.116. The number of hydrogen-bond donors (Lipinski definition) is 3. The molecule has 10 nitrogen and oxygen atoms in total. The van der Waals surface area contributed by atoms with Crippen molar-refractivity contribution in [2.24, 2.45) is 0 Å². The number of aromatic carboxylic acids is 1. The third-order valence-corrected chi connectivity index (χ3v) is 6.20. The molecule has 4 aromatic rings. The lowest BCUT2D eigenvalue weighted by atomic mass is 10.1. The van der Waals surface area contributed by atoms with Crippen molar-refractivity contribution >= 4 is 40.2 Å². The van der Waals surface area contributed by atoms with Crippen LogP contribution < -0.4 is 16.1 Å². The topological polar surface area (TPSA) is 129 Å². The Kier molecular flexibility index (Phi) is 6.41. The number of benzene rings is 2. The zero-order valence-electron chi connectivity index (χ0n) is 20.5. The van der Waals surface area contributed by atoms with Gasteiger partial charge in [-0.25, -0.2) is 9.78 Å². The number of likely N-dealkylation sites (N-methyl/N-ethyl adjacent to an activating group) is 1. The van der Waals surface area contributed by atoms with Crippen LogP contribution in [0.3, 0.4) is 0 Å². The molecular weight excluding hydrogens is 472 g/mol. The molecular formula is C27H26N6O4. The first-order valence-corrected chi connectivity index (χ1v) is 11.9. The van der Waals surface area contributed by atoms with Gasteiger partial charge in [-0.3, -0.25) is 9.59 Å². The summed E-state index contributed by atoms with van der Waals surface area (Å²) in [4.78, 5) is 47.4. The second-order valence-electron chi connectivity index (χ2n) is 9.28. The fourth-order valence-electron chi connectivity index (χ4n) is 4.52. The van der Waals surface area contributed by atoms with Crippen molar-refractivity contribution in [1.29, 1.82) is 0 Å². The van der Waals surface area contributed by atoms with Gasteiger partial charge >= 0.3 is 5.97 Å². The van der Waals surface area contributed by atoms with E-state index in [9.17, 15) is 19.5 Å². The number of nitrogens with zero attached hydrogens (tertiary/aromatic N) is 4. The fourth-order valence-corrected chi connectivity index (χ4v) is 4.52. The molecule has 0 bridgehead atoms. The van der Waals surface area contributed by atoms with Gasteiger partial charge in [0, 0.05) is 29.5 Å². The van der Waals surface area contributed by atoms with Crippen LogP contribution in [0, 0.1) is 0 Å². The van der Waals surface area contributed by atoms with Crippen molar-refractivity contribution in [3.8, 4) is 5.69 Å². The molecule has 0 atom stereocenters. The number of fused-ring (bicyclic) bond motifs is 2. The summed E-state index contributed by atoms with van der Waals surface area (Å²) in [6, 6.07) is 13.1. The number of rotatable bonds is 7. The normalized spacial score (nSPS) is 12.5.